The Kier molecular flexibility index (Phi) is 7.46. The second-order valence-corrected chi connectivity index (χ2v) is 7.31. The number of anilines is 1. The summed E-state index contributed by atoms with van der Waals surface area (Å²) in [4.78, 5) is 18.3. The number of carboxylic acids is 1. The lowest BCUT2D eigenvalue weighted by atomic mass is 10.0. The van der Waals surface area contributed by atoms with Gasteiger partial charge in [-0.25, -0.2) is 14.4 Å². The third-order valence-corrected chi connectivity index (χ3v) is 4.98. The van der Waals surface area contributed by atoms with E-state index in [0.717, 1.165) is 18.2 Å². The van der Waals surface area contributed by atoms with Crippen molar-refractivity contribution < 1.29 is 14.3 Å². The molecule has 0 aliphatic rings. The molecule has 4 rings (SSSR count). The quantitative estimate of drug-likeness (QED) is 0.435. The Morgan fingerprint density at radius 2 is 1.69 bits per heavy atom. The molecule has 0 bridgehead atoms. The number of carbonyl (C=O) groups is 1. The number of nitrogens with two attached hydrogens (primary N) is 2. The topological polar surface area (TPSA) is 115 Å². The monoisotopic (exact) mass is 432 g/mol. The molecule has 0 spiro atoms. The summed E-state index contributed by atoms with van der Waals surface area (Å²) in [6, 6.07) is 21.0. The van der Waals surface area contributed by atoms with Crippen LogP contribution in [0.2, 0.25) is 0 Å². The smallest absolute Gasteiger partial charge is 0.320 e. The molecule has 1 unspecified atom stereocenters. The van der Waals surface area contributed by atoms with Gasteiger partial charge in [0.1, 0.15) is 6.04 Å². The van der Waals surface area contributed by atoms with Crippen molar-refractivity contribution in [3.8, 4) is 11.4 Å². The standard InChI is InChI=1S/C13H13FN4O2.C12H12/c14-9-6-17-12(18-11(9)16)8-3-1-7(2-4-8)5-10(15)13(19)20;1-2-10-7-8-11-5-3-4-6-12(11)9-10/h1-4,6,10H,5,15H2,(H,19,20)(H2,16,17,18);3-9H,2H2,1H3. The maximum absolute atomic E-state index is 13.0. The second-order valence-electron chi connectivity index (χ2n) is 7.31. The van der Waals surface area contributed by atoms with Gasteiger partial charge in [-0.15, -0.1) is 0 Å². The molecule has 0 saturated carbocycles. The summed E-state index contributed by atoms with van der Waals surface area (Å²) >= 11 is 0. The van der Waals surface area contributed by atoms with Crippen molar-refractivity contribution in [2.75, 3.05) is 5.73 Å². The summed E-state index contributed by atoms with van der Waals surface area (Å²) in [6.45, 7) is 2.18. The van der Waals surface area contributed by atoms with E-state index in [1.54, 1.807) is 24.3 Å². The molecule has 1 heterocycles. The van der Waals surface area contributed by atoms with E-state index in [0.29, 0.717) is 11.4 Å². The fourth-order valence-corrected chi connectivity index (χ4v) is 3.11. The van der Waals surface area contributed by atoms with Crippen molar-refractivity contribution in [1.29, 1.82) is 0 Å². The molecular weight excluding hydrogens is 407 g/mol. The van der Waals surface area contributed by atoms with Crippen molar-refractivity contribution in [3.63, 3.8) is 0 Å². The minimum absolute atomic E-state index is 0.216. The first-order valence-corrected chi connectivity index (χ1v) is 10.2. The lowest BCUT2D eigenvalue weighted by Crippen LogP contribution is -2.32. The Morgan fingerprint density at radius 3 is 2.31 bits per heavy atom. The van der Waals surface area contributed by atoms with Crippen LogP contribution in [0.3, 0.4) is 0 Å². The van der Waals surface area contributed by atoms with Crippen LogP contribution in [0, 0.1) is 5.82 Å². The number of aryl methyl sites for hydroxylation is 1. The third kappa shape index (κ3) is 5.86. The number of hydrogen-bond donors (Lipinski definition) is 3. The number of hydrogen-bond acceptors (Lipinski definition) is 5. The minimum atomic E-state index is -1.05. The van der Waals surface area contributed by atoms with Crippen molar-refractivity contribution in [2.24, 2.45) is 5.73 Å². The Balaban J connectivity index is 0.000000204. The zero-order chi connectivity index (χ0) is 23.1. The molecular formula is C25H25FN4O2. The highest BCUT2D eigenvalue weighted by Gasteiger charge is 2.12. The van der Waals surface area contributed by atoms with E-state index in [4.69, 9.17) is 16.6 Å². The third-order valence-electron chi connectivity index (χ3n) is 4.98. The minimum Gasteiger partial charge on any atom is -0.480 e. The first kappa shape index (κ1) is 22.8. The van der Waals surface area contributed by atoms with Gasteiger partial charge >= 0.3 is 5.97 Å². The molecule has 1 atom stereocenters. The normalized spacial score (nSPS) is 11.5. The van der Waals surface area contributed by atoms with Gasteiger partial charge in [0, 0.05) is 5.56 Å². The summed E-state index contributed by atoms with van der Waals surface area (Å²) in [6.07, 6.45) is 2.35. The number of halogens is 1. The van der Waals surface area contributed by atoms with E-state index in [9.17, 15) is 9.18 Å². The van der Waals surface area contributed by atoms with E-state index < -0.39 is 17.8 Å². The Bertz CT molecular complexity index is 1210. The first-order valence-electron chi connectivity index (χ1n) is 10.2. The lowest BCUT2D eigenvalue weighted by molar-refractivity contribution is -0.138. The molecule has 0 saturated heterocycles. The molecule has 0 radical (unpaired) electrons. The SMILES string of the molecule is CCc1ccc2ccccc2c1.Nc1nc(-c2ccc(CC(N)C(=O)O)cc2)ncc1F. The van der Waals surface area contributed by atoms with Gasteiger partial charge in [0.05, 0.1) is 6.20 Å². The number of fused-ring (bicyclic) bond motifs is 1. The zero-order valence-electron chi connectivity index (χ0n) is 17.7. The summed E-state index contributed by atoms with van der Waals surface area (Å²) in [7, 11) is 0. The Labute approximate surface area is 185 Å². The second kappa shape index (κ2) is 10.5. The van der Waals surface area contributed by atoms with Crippen molar-refractivity contribution in [2.45, 2.75) is 25.8 Å². The molecule has 0 fully saturated rings. The molecule has 5 N–H and O–H groups in total. The predicted molar refractivity (Wildman–Crippen MR) is 124 cm³/mol. The van der Waals surface area contributed by atoms with Crippen LogP contribution in [0.25, 0.3) is 22.2 Å². The highest BCUT2D eigenvalue weighted by Crippen LogP contribution is 2.18. The lowest BCUT2D eigenvalue weighted by Gasteiger charge is -2.07. The van der Waals surface area contributed by atoms with Crippen LogP contribution in [-0.4, -0.2) is 27.1 Å². The summed E-state index contributed by atoms with van der Waals surface area (Å²) in [5.74, 6) is -1.63. The van der Waals surface area contributed by atoms with Crippen LogP contribution in [0.15, 0.2) is 72.9 Å². The zero-order valence-corrected chi connectivity index (χ0v) is 17.7. The molecule has 6 nitrogen and oxygen atoms in total. The van der Waals surface area contributed by atoms with Gasteiger partial charge < -0.3 is 16.6 Å². The van der Waals surface area contributed by atoms with Gasteiger partial charge in [-0.2, -0.15) is 0 Å². The number of carboxylic acid groups (broad SMARTS) is 1. The van der Waals surface area contributed by atoms with Crippen molar-refractivity contribution in [1.82, 2.24) is 9.97 Å². The van der Waals surface area contributed by atoms with Crippen LogP contribution in [0.1, 0.15) is 18.1 Å². The average molecular weight is 432 g/mol. The highest BCUT2D eigenvalue weighted by atomic mass is 19.1. The van der Waals surface area contributed by atoms with E-state index in [-0.39, 0.29) is 12.2 Å². The molecule has 164 valence electrons. The largest absolute Gasteiger partial charge is 0.480 e. The fourth-order valence-electron chi connectivity index (χ4n) is 3.11. The molecule has 4 aromatic rings. The van der Waals surface area contributed by atoms with Crippen LogP contribution >= 0.6 is 0 Å². The molecule has 1 aromatic heterocycles. The van der Waals surface area contributed by atoms with Crippen LogP contribution < -0.4 is 11.5 Å². The number of rotatable bonds is 5. The van der Waals surface area contributed by atoms with Crippen molar-refractivity contribution in [3.05, 3.63) is 89.9 Å². The molecule has 0 amide bonds. The summed E-state index contributed by atoms with van der Waals surface area (Å²) in [5, 5.41) is 11.4. The van der Waals surface area contributed by atoms with Gasteiger partial charge in [-0.1, -0.05) is 73.7 Å². The summed E-state index contributed by atoms with van der Waals surface area (Å²) < 4.78 is 13.0. The van der Waals surface area contributed by atoms with Crippen LogP contribution in [0.4, 0.5) is 10.2 Å². The molecule has 32 heavy (non-hydrogen) atoms. The number of benzene rings is 3. The van der Waals surface area contributed by atoms with Gasteiger partial charge in [0.25, 0.3) is 0 Å². The Morgan fingerprint density at radius 1 is 1.03 bits per heavy atom. The number of aliphatic carboxylic acids is 1. The maximum atomic E-state index is 13.0. The van der Waals surface area contributed by atoms with E-state index in [1.807, 2.05) is 0 Å². The van der Waals surface area contributed by atoms with Gasteiger partial charge in [-0.05, 0) is 34.7 Å². The van der Waals surface area contributed by atoms with Crippen molar-refractivity contribution >= 4 is 22.6 Å². The summed E-state index contributed by atoms with van der Waals surface area (Å²) in [5.41, 5.74) is 13.7. The van der Waals surface area contributed by atoms with Gasteiger partial charge in [0.2, 0.25) is 0 Å². The first-order chi connectivity index (χ1) is 15.4. The van der Waals surface area contributed by atoms with Gasteiger partial charge in [0.15, 0.2) is 17.5 Å². The number of nitrogens with zero attached hydrogens (tertiary/aromatic N) is 2. The van der Waals surface area contributed by atoms with Crippen LogP contribution in [0.5, 0.6) is 0 Å². The van der Waals surface area contributed by atoms with Crippen LogP contribution in [-0.2, 0) is 17.6 Å². The predicted octanol–water partition coefficient (Wildman–Crippen LogP) is 4.22. The maximum Gasteiger partial charge on any atom is 0.320 e. The molecule has 7 heteroatoms. The number of aromatic nitrogens is 2. The van der Waals surface area contributed by atoms with E-state index >= 15 is 0 Å². The Hall–Kier alpha value is -3.84. The van der Waals surface area contributed by atoms with E-state index in [2.05, 4.69) is 59.4 Å². The average Bonchev–Trinajstić information content (AvgIpc) is 2.81. The van der Waals surface area contributed by atoms with E-state index in [1.165, 1.54) is 16.3 Å². The van der Waals surface area contributed by atoms with Gasteiger partial charge in [-0.3, -0.25) is 4.79 Å². The number of nitrogen functional groups attached to an aromatic ring is 1. The fraction of sp³-hybridized carbons (Fsp3) is 0.160. The highest BCUT2D eigenvalue weighted by molar-refractivity contribution is 5.83. The molecule has 3 aromatic carbocycles. The molecule has 0 aliphatic heterocycles. The molecule has 0 aliphatic carbocycles.